The smallest absolute Gasteiger partial charge is 0.238 e. The fourth-order valence-electron chi connectivity index (χ4n) is 12.3. The lowest BCUT2D eigenvalue weighted by molar-refractivity contribution is 0.00975. The van der Waals surface area contributed by atoms with Gasteiger partial charge in [-0.1, -0.05) is 106 Å². The van der Waals surface area contributed by atoms with Crippen LogP contribution in [0.4, 0.5) is 0 Å². The van der Waals surface area contributed by atoms with E-state index < -0.39 is 35.4 Å². The van der Waals surface area contributed by atoms with Gasteiger partial charge in [-0.3, -0.25) is 4.79 Å². The average molecular weight is 1020 g/mol. The highest BCUT2D eigenvalue weighted by Gasteiger charge is 2.46. The number of ether oxygens (including phenoxy) is 1. The van der Waals surface area contributed by atoms with E-state index in [0.717, 1.165) is 69.3 Å². The predicted molar refractivity (Wildman–Crippen MR) is 286 cm³/mol. The lowest BCUT2D eigenvalue weighted by atomic mass is 9.69. The van der Waals surface area contributed by atoms with Gasteiger partial charge in [-0.2, -0.15) is 0 Å². The number of aromatic hydroxyl groups is 3. The largest absolute Gasteiger partial charge is 0.507 e. The topological polar surface area (TPSA) is 173 Å². The summed E-state index contributed by atoms with van der Waals surface area (Å²) in [7, 11) is 6.86. The predicted octanol–water partition coefficient (Wildman–Crippen LogP) is 11.6. The number of piperidine rings is 1. The standard InChI is InChI=1S/C56H57NO9S4/c1-26(2)18-31-21-35(38-25-68-69-43-9-4-15-57-49(43)30-7-3-6-27(19-30)20-34(38)50(31)61)54-53(64)52(63)48-42(66-54)24-40(60)46-36-22-33-28(14-16-58)10-11-29-12-13-32-47(44(29)33)45(36)37-23-41(65-55(46)48)39(59)8-5-17-67-70-56(32)51(37)62/h3,6-7,10-13,19,21-22,24,26,28,37,39,41,43,49,51,56-62,64H,4-5,8-9,14-18,20,23,25H2,1-2H3/t28-,37+,39-,41-,43+,49+,51+,56+/m1/s1. The Morgan fingerprint density at radius 1 is 0.886 bits per heavy atom. The SMILES string of the molecule is CC(C)Cc1cc(-c2oc3cc(O)c4c(c3c(=O)c2O)O[C@@H]2C[C@H]3c5c-4cc4c6c(ccc(c56)[C@H](SSCCC[C@H]2O)[C@H]3O)C=C[C@@H]4CCO)c2c(c1O)Cc1cccc(c1)[C@@H]1NCCC[C@@H]1SSC2. The third kappa shape index (κ3) is 7.77. The van der Waals surface area contributed by atoms with Gasteiger partial charge in [0.2, 0.25) is 11.2 Å². The van der Waals surface area contributed by atoms with Gasteiger partial charge in [0.1, 0.15) is 34.3 Å². The van der Waals surface area contributed by atoms with Crippen LogP contribution >= 0.6 is 43.2 Å². The second-order valence-corrected chi connectivity index (χ2v) is 25.6. The molecule has 0 radical (unpaired) electrons. The molecule has 0 amide bonds. The number of hydrogen-bond donors (Lipinski definition) is 7. The molecule has 14 heteroatoms. The second kappa shape index (κ2) is 18.7. The lowest BCUT2D eigenvalue weighted by Crippen LogP contribution is -2.39. The maximum absolute atomic E-state index is 15.4. The Morgan fingerprint density at radius 3 is 2.60 bits per heavy atom. The summed E-state index contributed by atoms with van der Waals surface area (Å²) in [5, 5.41) is 78.0. The highest BCUT2D eigenvalue weighted by atomic mass is 33.1. The van der Waals surface area contributed by atoms with Crippen molar-refractivity contribution in [2.24, 2.45) is 5.92 Å². The Balaban J connectivity index is 1.11. The molecular formula is C56H57NO9S4. The minimum atomic E-state index is -0.983. The quantitative estimate of drug-likeness (QED) is 0.0813. The van der Waals surface area contributed by atoms with Crippen molar-refractivity contribution in [1.82, 2.24) is 5.32 Å². The van der Waals surface area contributed by atoms with E-state index in [0.29, 0.717) is 65.4 Å². The summed E-state index contributed by atoms with van der Waals surface area (Å²) in [6.45, 7) is 5.08. The molecule has 8 atom stereocenters. The lowest BCUT2D eigenvalue weighted by Gasteiger charge is -2.42. The zero-order valence-corrected chi connectivity index (χ0v) is 42.3. The van der Waals surface area contributed by atoms with Gasteiger partial charge in [0.25, 0.3) is 0 Å². The van der Waals surface area contributed by atoms with Crippen LogP contribution < -0.4 is 15.5 Å². The van der Waals surface area contributed by atoms with Gasteiger partial charge in [-0.15, -0.1) is 0 Å². The minimum Gasteiger partial charge on any atom is -0.507 e. The zero-order chi connectivity index (χ0) is 48.1. The van der Waals surface area contributed by atoms with Crippen molar-refractivity contribution >= 4 is 71.0 Å². The molecule has 5 heterocycles. The van der Waals surface area contributed by atoms with Crippen LogP contribution in [0.2, 0.25) is 0 Å². The van der Waals surface area contributed by atoms with Crippen LogP contribution in [-0.4, -0.2) is 73.1 Å². The van der Waals surface area contributed by atoms with Crippen molar-refractivity contribution < 1.29 is 39.8 Å². The fraction of sp³-hybridized carbons (Fsp3) is 0.411. The number of phenolic OH excluding ortho intramolecular Hbond substituents is 2. The van der Waals surface area contributed by atoms with E-state index in [4.69, 9.17) is 9.15 Å². The van der Waals surface area contributed by atoms with E-state index in [-0.39, 0.29) is 75.7 Å². The number of aliphatic hydroxyl groups excluding tert-OH is 3. The molecule has 1 aromatic heterocycles. The van der Waals surface area contributed by atoms with Crippen molar-refractivity contribution in [2.75, 3.05) is 18.9 Å². The van der Waals surface area contributed by atoms with Gasteiger partial charge in [0.05, 0.1) is 23.0 Å². The number of allylic oxidation sites excluding steroid dienone is 1. The van der Waals surface area contributed by atoms with E-state index >= 15 is 4.79 Å². The van der Waals surface area contributed by atoms with E-state index in [1.54, 1.807) is 32.4 Å². The van der Waals surface area contributed by atoms with Crippen molar-refractivity contribution in [3.8, 4) is 45.4 Å². The van der Waals surface area contributed by atoms with Gasteiger partial charge in [-0.05, 0) is 130 Å². The molecule has 364 valence electrons. The Hall–Kier alpha value is -4.25. The number of phenols is 2. The highest BCUT2D eigenvalue weighted by molar-refractivity contribution is 8.77. The van der Waals surface area contributed by atoms with Crippen LogP contribution in [0.15, 0.2) is 69.9 Å². The number of rotatable bonds is 5. The molecule has 5 bridgehead atoms. The van der Waals surface area contributed by atoms with E-state index in [2.05, 4.69) is 67.7 Å². The summed E-state index contributed by atoms with van der Waals surface area (Å²) in [4.78, 5) is 15.4. The third-order valence-corrected chi connectivity index (χ3v) is 21.2. The van der Waals surface area contributed by atoms with Crippen molar-refractivity contribution in [1.29, 1.82) is 0 Å². The molecule has 0 spiro atoms. The summed E-state index contributed by atoms with van der Waals surface area (Å²) < 4.78 is 13.8. The van der Waals surface area contributed by atoms with Crippen LogP contribution in [0.5, 0.6) is 23.0 Å². The minimum absolute atomic E-state index is 0.000167. The average Bonchev–Trinajstić information content (AvgIpc) is 3.37. The first-order valence-electron chi connectivity index (χ1n) is 24.8. The Labute approximate surface area is 422 Å². The van der Waals surface area contributed by atoms with Crippen molar-refractivity contribution in [3.05, 3.63) is 121 Å². The number of aliphatic hydroxyl groups is 3. The molecule has 2 fully saturated rings. The molecule has 70 heavy (non-hydrogen) atoms. The van der Waals surface area contributed by atoms with Crippen LogP contribution in [-0.2, 0) is 18.6 Å². The summed E-state index contributed by atoms with van der Waals surface area (Å²) in [6.07, 6.45) is 6.34. The zero-order valence-electron chi connectivity index (χ0n) is 39.1. The summed E-state index contributed by atoms with van der Waals surface area (Å²) in [6, 6.07) is 18.3. The van der Waals surface area contributed by atoms with Gasteiger partial charge in [-0.25, -0.2) is 0 Å². The highest BCUT2D eigenvalue weighted by Crippen LogP contribution is 2.60. The van der Waals surface area contributed by atoms with E-state index in [1.807, 2.05) is 22.9 Å². The molecule has 0 unspecified atom stereocenters. The van der Waals surface area contributed by atoms with Crippen LogP contribution in [0.3, 0.4) is 0 Å². The normalized spacial score (nSPS) is 25.9. The Bertz CT molecular complexity index is 3190. The number of hydrogen-bond acceptors (Lipinski definition) is 14. The number of nitrogens with one attached hydrogen (secondary N) is 1. The molecule has 12 rings (SSSR count). The van der Waals surface area contributed by atoms with Crippen LogP contribution in [0.1, 0.15) is 126 Å². The number of benzene rings is 5. The van der Waals surface area contributed by atoms with Gasteiger partial charge in [0, 0.05) is 64.9 Å². The first-order chi connectivity index (χ1) is 34.0. The monoisotopic (exact) mass is 1020 g/mol. The first kappa shape index (κ1) is 46.8. The molecule has 0 saturated carbocycles. The Kier molecular flexibility index (Phi) is 12.5. The summed E-state index contributed by atoms with van der Waals surface area (Å²) >= 11 is 0. The molecule has 5 aromatic carbocycles. The van der Waals surface area contributed by atoms with Gasteiger partial charge < -0.3 is 45.1 Å². The summed E-state index contributed by atoms with van der Waals surface area (Å²) in [5.74, 6) is 0.00555. The molecule has 2 saturated heterocycles. The van der Waals surface area contributed by atoms with Gasteiger partial charge in [0.15, 0.2) is 5.76 Å². The Morgan fingerprint density at radius 2 is 1.76 bits per heavy atom. The van der Waals surface area contributed by atoms with Gasteiger partial charge >= 0.3 is 0 Å². The molecular weight excluding hydrogens is 959 g/mol. The van der Waals surface area contributed by atoms with E-state index in [9.17, 15) is 30.6 Å². The molecule has 2 aliphatic carbocycles. The fourth-order valence-corrected chi connectivity index (χ4v) is 18.2. The molecule has 4 aliphatic heterocycles. The first-order valence-corrected chi connectivity index (χ1v) is 29.5. The third-order valence-electron chi connectivity index (χ3n) is 15.6. The van der Waals surface area contributed by atoms with Crippen molar-refractivity contribution in [2.45, 2.75) is 118 Å². The molecule has 10 nitrogen and oxygen atoms in total. The van der Waals surface area contributed by atoms with Crippen LogP contribution in [0.25, 0.3) is 50.3 Å². The maximum Gasteiger partial charge on any atom is 0.238 e. The van der Waals surface area contributed by atoms with Crippen molar-refractivity contribution in [3.63, 3.8) is 0 Å². The second-order valence-electron chi connectivity index (χ2n) is 20.4. The number of fused-ring (bicyclic) bond motifs is 12. The van der Waals surface area contributed by atoms with Crippen LogP contribution in [0, 0.1) is 5.92 Å². The molecule has 6 aliphatic rings. The molecule has 6 aromatic rings. The molecule has 7 N–H and O–H groups in total. The summed E-state index contributed by atoms with van der Waals surface area (Å²) in [5.41, 5.74) is 8.77. The van der Waals surface area contributed by atoms with E-state index in [1.165, 1.54) is 11.6 Å². The maximum atomic E-state index is 15.4.